The first-order valence-corrected chi connectivity index (χ1v) is 4.88. The zero-order valence-electron chi connectivity index (χ0n) is 6.92. The number of nitrogens with zero attached hydrogens (tertiary/aromatic N) is 1. The van der Waals surface area contributed by atoms with E-state index in [1.165, 1.54) is 11.3 Å². The molecule has 0 fully saturated rings. The molecule has 0 saturated heterocycles. The van der Waals surface area contributed by atoms with Gasteiger partial charge in [-0.2, -0.15) is 0 Å². The molecule has 0 bridgehead atoms. The molecule has 0 radical (unpaired) electrons. The van der Waals surface area contributed by atoms with E-state index in [4.69, 9.17) is 0 Å². The van der Waals surface area contributed by atoms with Crippen LogP contribution >= 0.6 is 11.3 Å². The number of aliphatic hydroxyl groups is 1. The molecule has 0 spiro atoms. The zero-order valence-corrected chi connectivity index (χ0v) is 7.74. The summed E-state index contributed by atoms with van der Waals surface area (Å²) >= 11 is 1.54. The van der Waals surface area contributed by atoms with E-state index < -0.39 is 6.10 Å². The molecule has 2 aromatic heterocycles. The average Bonchev–Trinajstić information content (AvgIpc) is 2.71. The van der Waals surface area contributed by atoms with Crippen molar-refractivity contribution in [2.24, 2.45) is 0 Å². The molecule has 2 aromatic rings. The summed E-state index contributed by atoms with van der Waals surface area (Å²) in [6.07, 6.45) is 1.10. The fourth-order valence-corrected chi connectivity index (χ4v) is 1.85. The molecule has 1 N–H and O–H groups in total. The summed E-state index contributed by atoms with van der Waals surface area (Å²) in [5.41, 5.74) is 0.699. The Labute approximate surface area is 80.5 Å². The SMILES string of the molecule is O[C@@H](c1ccccn1)c1cccs1. The van der Waals surface area contributed by atoms with Crippen LogP contribution in [0.3, 0.4) is 0 Å². The predicted octanol–water partition coefficient (Wildman–Crippen LogP) is 2.22. The van der Waals surface area contributed by atoms with Gasteiger partial charge in [0.25, 0.3) is 0 Å². The monoisotopic (exact) mass is 191 g/mol. The fourth-order valence-electron chi connectivity index (χ4n) is 1.13. The largest absolute Gasteiger partial charge is 0.381 e. The molecule has 1 atom stereocenters. The van der Waals surface area contributed by atoms with Crippen molar-refractivity contribution in [3.05, 3.63) is 52.5 Å². The normalized spacial score (nSPS) is 12.7. The topological polar surface area (TPSA) is 33.1 Å². The Morgan fingerprint density at radius 2 is 2.15 bits per heavy atom. The highest BCUT2D eigenvalue weighted by molar-refractivity contribution is 7.10. The van der Waals surface area contributed by atoms with Gasteiger partial charge in [0.2, 0.25) is 0 Å². The number of hydrogen-bond acceptors (Lipinski definition) is 3. The Morgan fingerprint density at radius 1 is 1.23 bits per heavy atom. The van der Waals surface area contributed by atoms with Crippen molar-refractivity contribution in [3.63, 3.8) is 0 Å². The van der Waals surface area contributed by atoms with E-state index >= 15 is 0 Å². The number of hydrogen-bond donors (Lipinski definition) is 1. The second-order valence-corrected chi connectivity index (χ2v) is 3.65. The Kier molecular flexibility index (Phi) is 2.38. The highest BCUT2D eigenvalue weighted by Crippen LogP contribution is 2.23. The summed E-state index contributed by atoms with van der Waals surface area (Å²) in [6, 6.07) is 9.37. The lowest BCUT2D eigenvalue weighted by atomic mass is 10.2. The average molecular weight is 191 g/mol. The maximum atomic E-state index is 9.83. The molecule has 66 valence electrons. The molecule has 0 unspecified atom stereocenters. The van der Waals surface area contributed by atoms with Crippen LogP contribution < -0.4 is 0 Å². The Bertz CT molecular complexity index is 358. The van der Waals surface area contributed by atoms with Crippen molar-refractivity contribution in [3.8, 4) is 0 Å². The van der Waals surface area contributed by atoms with Gasteiger partial charge in [0.1, 0.15) is 6.10 Å². The lowest BCUT2D eigenvalue weighted by Gasteiger charge is -2.06. The quantitative estimate of drug-likeness (QED) is 0.789. The van der Waals surface area contributed by atoms with Crippen LogP contribution in [0.5, 0.6) is 0 Å². The van der Waals surface area contributed by atoms with Crippen molar-refractivity contribution < 1.29 is 5.11 Å². The third kappa shape index (κ3) is 1.76. The van der Waals surface area contributed by atoms with Gasteiger partial charge >= 0.3 is 0 Å². The van der Waals surface area contributed by atoms with Crippen LogP contribution in [0.4, 0.5) is 0 Å². The van der Waals surface area contributed by atoms with Gasteiger partial charge in [0, 0.05) is 11.1 Å². The third-order valence-corrected chi connectivity index (χ3v) is 2.71. The van der Waals surface area contributed by atoms with Gasteiger partial charge in [-0.05, 0) is 23.6 Å². The van der Waals surface area contributed by atoms with Crippen LogP contribution in [-0.2, 0) is 0 Å². The Balaban J connectivity index is 2.29. The first-order chi connectivity index (χ1) is 6.38. The maximum Gasteiger partial charge on any atom is 0.130 e. The number of rotatable bonds is 2. The molecular weight excluding hydrogens is 182 g/mol. The van der Waals surface area contributed by atoms with Crippen LogP contribution in [0.1, 0.15) is 16.7 Å². The standard InChI is InChI=1S/C10H9NOS/c12-10(9-5-3-7-13-9)8-4-1-2-6-11-8/h1-7,10,12H/t10-/m0/s1. The van der Waals surface area contributed by atoms with E-state index in [1.54, 1.807) is 6.20 Å². The van der Waals surface area contributed by atoms with Crippen LogP contribution in [-0.4, -0.2) is 10.1 Å². The first-order valence-electron chi connectivity index (χ1n) is 4.00. The molecule has 0 aromatic carbocycles. The van der Waals surface area contributed by atoms with E-state index in [0.29, 0.717) is 5.69 Å². The molecule has 2 heterocycles. The van der Waals surface area contributed by atoms with E-state index in [9.17, 15) is 5.11 Å². The second kappa shape index (κ2) is 3.68. The van der Waals surface area contributed by atoms with Gasteiger partial charge in [0.05, 0.1) is 5.69 Å². The molecular formula is C10H9NOS. The lowest BCUT2D eigenvalue weighted by Crippen LogP contribution is -1.98. The van der Waals surface area contributed by atoms with Crippen LogP contribution in [0.2, 0.25) is 0 Å². The molecule has 0 aliphatic carbocycles. The molecule has 0 aliphatic rings. The zero-order chi connectivity index (χ0) is 9.10. The summed E-state index contributed by atoms with van der Waals surface area (Å²) in [5, 5.41) is 11.8. The number of pyridine rings is 1. The van der Waals surface area contributed by atoms with Gasteiger partial charge < -0.3 is 5.11 Å². The maximum absolute atomic E-state index is 9.83. The molecule has 2 nitrogen and oxygen atoms in total. The first kappa shape index (κ1) is 8.41. The Hall–Kier alpha value is -1.19. The second-order valence-electron chi connectivity index (χ2n) is 2.67. The molecule has 0 aliphatic heterocycles. The molecule has 0 saturated carbocycles. The van der Waals surface area contributed by atoms with Crippen molar-refractivity contribution in [2.45, 2.75) is 6.10 Å². The van der Waals surface area contributed by atoms with E-state index in [-0.39, 0.29) is 0 Å². The van der Waals surface area contributed by atoms with Crippen molar-refractivity contribution in [1.82, 2.24) is 4.98 Å². The van der Waals surface area contributed by atoms with Gasteiger partial charge in [-0.25, -0.2) is 0 Å². The minimum Gasteiger partial charge on any atom is -0.381 e. The fraction of sp³-hybridized carbons (Fsp3) is 0.100. The number of thiophene rings is 1. The summed E-state index contributed by atoms with van der Waals surface area (Å²) < 4.78 is 0. The van der Waals surface area contributed by atoms with Gasteiger partial charge in [-0.3, -0.25) is 4.98 Å². The minimum absolute atomic E-state index is 0.582. The summed E-state index contributed by atoms with van der Waals surface area (Å²) in [6.45, 7) is 0. The summed E-state index contributed by atoms with van der Waals surface area (Å²) in [4.78, 5) is 5.02. The van der Waals surface area contributed by atoms with Gasteiger partial charge in [0.15, 0.2) is 0 Å². The summed E-state index contributed by atoms with van der Waals surface area (Å²) in [5.74, 6) is 0. The van der Waals surface area contributed by atoms with Gasteiger partial charge in [-0.15, -0.1) is 11.3 Å². The van der Waals surface area contributed by atoms with Crippen molar-refractivity contribution in [2.75, 3.05) is 0 Å². The smallest absolute Gasteiger partial charge is 0.130 e. The Morgan fingerprint density at radius 3 is 2.77 bits per heavy atom. The van der Waals surface area contributed by atoms with Crippen molar-refractivity contribution in [1.29, 1.82) is 0 Å². The van der Waals surface area contributed by atoms with E-state index in [2.05, 4.69) is 4.98 Å². The highest BCUT2D eigenvalue weighted by Gasteiger charge is 2.11. The molecule has 3 heteroatoms. The third-order valence-electron chi connectivity index (χ3n) is 1.78. The van der Waals surface area contributed by atoms with E-state index in [0.717, 1.165) is 4.88 Å². The lowest BCUT2D eigenvalue weighted by molar-refractivity contribution is 0.219. The molecule has 13 heavy (non-hydrogen) atoms. The predicted molar refractivity (Wildman–Crippen MR) is 52.6 cm³/mol. The highest BCUT2D eigenvalue weighted by atomic mass is 32.1. The number of aliphatic hydroxyl groups excluding tert-OH is 1. The van der Waals surface area contributed by atoms with Crippen molar-refractivity contribution >= 4 is 11.3 Å². The van der Waals surface area contributed by atoms with Crippen LogP contribution in [0, 0.1) is 0 Å². The van der Waals surface area contributed by atoms with Crippen LogP contribution in [0.25, 0.3) is 0 Å². The van der Waals surface area contributed by atoms with Crippen LogP contribution in [0.15, 0.2) is 41.9 Å². The number of aromatic nitrogens is 1. The minimum atomic E-state index is -0.582. The summed E-state index contributed by atoms with van der Waals surface area (Å²) in [7, 11) is 0. The molecule has 2 rings (SSSR count). The molecule has 0 amide bonds. The van der Waals surface area contributed by atoms with E-state index in [1.807, 2.05) is 35.7 Å². The van der Waals surface area contributed by atoms with Gasteiger partial charge in [-0.1, -0.05) is 12.1 Å².